The van der Waals surface area contributed by atoms with E-state index in [4.69, 9.17) is 4.74 Å². The molecule has 1 aliphatic rings. The number of benzene rings is 1. The molecule has 1 aromatic heterocycles. The van der Waals surface area contributed by atoms with Gasteiger partial charge in [0.1, 0.15) is 9.96 Å². The van der Waals surface area contributed by atoms with E-state index in [1.165, 1.54) is 15.6 Å². The van der Waals surface area contributed by atoms with E-state index in [2.05, 4.69) is 15.9 Å². The van der Waals surface area contributed by atoms with E-state index in [-0.39, 0.29) is 11.9 Å². The van der Waals surface area contributed by atoms with Gasteiger partial charge in [0.05, 0.1) is 9.70 Å². The summed E-state index contributed by atoms with van der Waals surface area (Å²) in [6.07, 6.45) is 0.934. The highest BCUT2D eigenvalue weighted by Crippen LogP contribution is 2.32. The van der Waals surface area contributed by atoms with Crippen LogP contribution in [0.3, 0.4) is 0 Å². The van der Waals surface area contributed by atoms with Gasteiger partial charge in [-0.1, -0.05) is 12.1 Å². The highest BCUT2D eigenvalue weighted by atomic mass is 79.9. The van der Waals surface area contributed by atoms with Gasteiger partial charge in [0, 0.05) is 13.1 Å². The molecule has 5 nitrogen and oxygen atoms in total. The first-order valence-corrected chi connectivity index (χ1v) is 11.8. The normalized spacial score (nSPS) is 16.4. The molecule has 3 rings (SSSR count). The van der Waals surface area contributed by atoms with Crippen molar-refractivity contribution < 1.29 is 17.9 Å². The lowest BCUT2D eigenvalue weighted by molar-refractivity contribution is -0.140. The maximum atomic E-state index is 12.7. The average Bonchev–Trinajstić information content (AvgIpc) is 3.09. The van der Waals surface area contributed by atoms with Crippen LogP contribution in [-0.4, -0.2) is 31.8 Å². The van der Waals surface area contributed by atoms with Crippen molar-refractivity contribution in [3.8, 4) is 5.75 Å². The van der Waals surface area contributed by atoms with Crippen molar-refractivity contribution in [1.29, 1.82) is 0 Å². The molecule has 1 aromatic carbocycles. The lowest BCUT2D eigenvalue weighted by Gasteiger charge is -2.29. The van der Waals surface area contributed by atoms with Crippen molar-refractivity contribution in [2.45, 2.75) is 37.8 Å². The highest BCUT2D eigenvalue weighted by molar-refractivity contribution is 9.11. The minimum atomic E-state index is -3.50. The summed E-state index contributed by atoms with van der Waals surface area (Å²) in [5.41, 5.74) is 2.97. The van der Waals surface area contributed by atoms with Crippen LogP contribution in [0.2, 0.25) is 0 Å². The Morgan fingerprint density at radius 2 is 1.74 bits per heavy atom. The number of ether oxygens (including phenoxy) is 1. The second-order valence-corrected chi connectivity index (χ2v) is 11.4. The van der Waals surface area contributed by atoms with Crippen molar-refractivity contribution in [3.05, 3.63) is 44.7 Å². The fourth-order valence-corrected chi connectivity index (χ4v) is 6.80. The zero-order chi connectivity index (χ0) is 19.8. The number of rotatable bonds is 4. The molecule has 0 bridgehead atoms. The molecule has 0 aliphatic carbocycles. The maximum Gasteiger partial charge on any atom is 0.314 e. The predicted octanol–water partition coefficient (Wildman–Crippen LogP) is 4.44. The van der Waals surface area contributed by atoms with E-state index in [1.807, 2.05) is 32.9 Å². The van der Waals surface area contributed by atoms with E-state index in [0.717, 1.165) is 20.5 Å². The highest BCUT2D eigenvalue weighted by Gasteiger charge is 2.34. The summed E-state index contributed by atoms with van der Waals surface area (Å²) in [4.78, 5) is 12.6. The molecular weight excluding hydrogens is 450 g/mol. The fraction of sp³-hybridized carbons (Fsp3) is 0.421. The second-order valence-electron chi connectivity index (χ2n) is 6.81. The first-order chi connectivity index (χ1) is 12.7. The minimum Gasteiger partial charge on any atom is -0.426 e. The molecule has 2 heterocycles. The third-order valence-electron chi connectivity index (χ3n) is 5.01. The third kappa shape index (κ3) is 4.29. The molecule has 0 atom stereocenters. The number of piperidine rings is 1. The van der Waals surface area contributed by atoms with Gasteiger partial charge in [-0.15, -0.1) is 11.3 Å². The van der Waals surface area contributed by atoms with E-state index < -0.39 is 10.0 Å². The zero-order valence-electron chi connectivity index (χ0n) is 15.5. The van der Waals surface area contributed by atoms with Crippen LogP contribution in [0.5, 0.6) is 5.75 Å². The molecule has 0 unspecified atom stereocenters. The molecule has 0 N–H and O–H groups in total. The molecule has 0 amide bonds. The summed E-state index contributed by atoms with van der Waals surface area (Å²) in [5.74, 6) is 0.0621. The van der Waals surface area contributed by atoms with Crippen LogP contribution in [0.4, 0.5) is 0 Å². The monoisotopic (exact) mass is 471 g/mol. The summed E-state index contributed by atoms with van der Waals surface area (Å²) >= 11 is 4.50. The van der Waals surface area contributed by atoms with Gasteiger partial charge in [0.25, 0.3) is 10.0 Å². The SMILES string of the molecule is Cc1ccc(C)c(OC(=O)C2CCN(S(=O)(=O)c3ccc(Br)s3)CC2)c1C. The molecule has 146 valence electrons. The van der Waals surface area contributed by atoms with Crippen molar-refractivity contribution in [1.82, 2.24) is 4.31 Å². The van der Waals surface area contributed by atoms with Gasteiger partial charge >= 0.3 is 5.97 Å². The number of hydrogen-bond acceptors (Lipinski definition) is 5. The standard InChI is InChI=1S/C19H22BrNO4S2/c1-12-4-5-13(2)18(14(12)3)25-19(22)15-8-10-21(11-9-15)27(23,24)17-7-6-16(20)26-17/h4-7,15H,8-11H2,1-3H3. The molecule has 1 fully saturated rings. The first-order valence-electron chi connectivity index (χ1n) is 8.74. The summed E-state index contributed by atoms with van der Waals surface area (Å²) in [6.45, 7) is 6.49. The number of carbonyl (C=O) groups is 1. The summed E-state index contributed by atoms with van der Waals surface area (Å²) < 4.78 is 33.6. The Kier molecular flexibility index (Phi) is 6.10. The lowest BCUT2D eigenvalue weighted by atomic mass is 9.98. The number of halogens is 1. The van der Waals surface area contributed by atoms with Crippen molar-refractivity contribution in [3.63, 3.8) is 0 Å². The van der Waals surface area contributed by atoms with Gasteiger partial charge in [-0.3, -0.25) is 4.79 Å². The Labute approximate surface area is 172 Å². The number of thiophene rings is 1. The van der Waals surface area contributed by atoms with E-state index >= 15 is 0 Å². The Morgan fingerprint density at radius 1 is 1.11 bits per heavy atom. The van der Waals surface area contributed by atoms with E-state index in [9.17, 15) is 13.2 Å². The molecule has 8 heteroatoms. The fourth-order valence-electron chi connectivity index (χ4n) is 3.16. The molecule has 1 aliphatic heterocycles. The Bertz CT molecular complexity index is 960. The van der Waals surface area contributed by atoms with Gasteiger partial charge in [0.15, 0.2) is 0 Å². The van der Waals surface area contributed by atoms with Gasteiger partial charge in [-0.05, 0) is 78.4 Å². The quantitative estimate of drug-likeness (QED) is 0.488. The number of hydrogen-bond donors (Lipinski definition) is 0. The van der Waals surface area contributed by atoms with Crippen LogP contribution in [0.25, 0.3) is 0 Å². The molecular formula is C19H22BrNO4S2. The molecule has 2 aromatic rings. The Morgan fingerprint density at radius 3 is 2.33 bits per heavy atom. The van der Waals surface area contributed by atoms with E-state index in [1.54, 1.807) is 12.1 Å². The molecule has 1 saturated heterocycles. The Balaban J connectivity index is 1.66. The number of carbonyl (C=O) groups excluding carboxylic acids is 1. The van der Waals surface area contributed by atoms with Crippen LogP contribution in [0.1, 0.15) is 29.5 Å². The molecule has 0 spiro atoms. The number of nitrogens with zero attached hydrogens (tertiary/aromatic N) is 1. The van der Waals surface area contributed by atoms with Crippen molar-refractivity contribution in [2.24, 2.45) is 5.92 Å². The topological polar surface area (TPSA) is 63.7 Å². The second kappa shape index (κ2) is 8.03. The molecule has 0 saturated carbocycles. The van der Waals surface area contributed by atoms with Crippen LogP contribution >= 0.6 is 27.3 Å². The lowest BCUT2D eigenvalue weighted by Crippen LogP contribution is -2.40. The third-order valence-corrected chi connectivity index (χ3v) is 9.00. The van der Waals surface area contributed by atoms with Gasteiger partial charge in [-0.2, -0.15) is 4.31 Å². The first kappa shape index (κ1) is 20.5. The Hall–Kier alpha value is -1.22. The van der Waals surface area contributed by atoms with Crippen LogP contribution in [0.15, 0.2) is 32.3 Å². The van der Waals surface area contributed by atoms with Crippen LogP contribution in [-0.2, 0) is 14.8 Å². The molecule has 0 radical (unpaired) electrons. The van der Waals surface area contributed by atoms with E-state index in [0.29, 0.717) is 35.9 Å². The summed E-state index contributed by atoms with van der Waals surface area (Å²) in [6, 6.07) is 7.29. The zero-order valence-corrected chi connectivity index (χ0v) is 18.7. The van der Waals surface area contributed by atoms with Gasteiger partial charge in [-0.25, -0.2) is 8.42 Å². The number of esters is 1. The van der Waals surface area contributed by atoms with Gasteiger partial charge in [0.2, 0.25) is 0 Å². The largest absolute Gasteiger partial charge is 0.426 e. The maximum absolute atomic E-state index is 12.7. The van der Waals surface area contributed by atoms with Crippen LogP contribution in [0, 0.1) is 26.7 Å². The van der Waals surface area contributed by atoms with Crippen LogP contribution < -0.4 is 4.74 Å². The smallest absolute Gasteiger partial charge is 0.314 e. The average molecular weight is 472 g/mol. The van der Waals surface area contributed by atoms with Gasteiger partial charge < -0.3 is 4.74 Å². The predicted molar refractivity (Wildman–Crippen MR) is 110 cm³/mol. The minimum absolute atomic E-state index is 0.275. The molecule has 27 heavy (non-hydrogen) atoms. The summed E-state index contributed by atoms with van der Waals surface area (Å²) in [5, 5.41) is 0. The van der Waals surface area contributed by atoms with Crippen molar-refractivity contribution >= 4 is 43.3 Å². The number of sulfonamides is 1. The summed E-state index contributed by atoms with van der Waals surface area (Å²) in [7, 11) is -3.50. The number of aryl methyl sites for hydroxylation is 2. The van der Waals surface area contributed by atoms with Crippen molar-refractivity contribution in [2.75, 3.05) is 13.1 Å².